The van der Waals surface area contributed by atoms with Crippen molar-refractivity contribution in [3.63, 3.8) is 0 Å². The first-order valence-corrected chi connectivity index (χ1v) is 5.84. The first kappa shape index (κ1) is 13.8. The van der Waals surface area contributed by atoms with Gasteiger partial charge in [-0.25, -0.2) is 4.68 Å². The lowest BCUT2D eigenvalue weighted by Crippen LogP contribution is -2.42. The molecule has 0 saturated heterocycles. The van der Waals surface area contributed by atoms with Gasteiger partial charge in [0.2, 0.25) is 5.91 Å². The van der Waals surface area contributed by atoms with Crippen molar-refractivity contribution < 1.29 is 18.0 Å². The number of hydrogen-bond acceptors (Lipinski definition) is 4. The number of hydrogen-bond donors (Lipinski definition) is 1. The van der Waals surface area contributed by atoms with Crippen molar-refractivity contribution in [2.45, 2.75) is 38.1 Å². The van der Waals surface area contributed by atoms with Crippen molar-refractivity contribution in [2.75, 3.05) is 6.54 Å². The van der Waals surface area contributed by atoms with Gasteiger partial charge in [-0.05, 0) is 12.8 Å². The Bertz CT molecular complexity index is 454. The van der Waals surface area contributed by atoms with Crippen LogP contribution in [0.3, 0.4) is 0 Å². The van der Waals surface area contributed by atoms with Gasteiger partial charge in [-0.3, -0.25) is 4.79 Å². The number of aromatic nitrogens is 3. The van der Waals surface area contributed by atoms with Crippen LogP contribution in [0.15, 0.2) is 6.20 Å². The van der Waals surface area contributed by atoms with Gasteiger partial charge >= 0.3 is 6.18 Å². The Labute approximate surface area is 107 Å². The molecule has 1 aliphatic carbocycles. The minimum Gasteiger partial charge on any atom is -0.329 e. The fourth-order valence-electron chi connectivity index (χ4n) is 1.74. The summed E-state index contributed by atoms with van der Waals surface area (Å²) in [5, 5.41) is 7.32. The van der Waals surface area contributed by atoms with E-state index in [0.29, 0.717) is 18.5 Å². The summed E-state index contributed by atoms with van der Waals surface area (Å²) in [5.74, 6) is -0.603. The summed E-state index contributed by atoms with van der Waals surface area (Å²) in [6.07, 6.45) is -1.69. The number of alkyl halides is 3. The summed E-state index contributed by atoms with van der Waals surface area (Å²) in [7, 11) is 0. The van der Waals surface area contributed by atoms with Crippen molar-refractivity contribution in [1.82, 2.24) is 19.9 Å². The molecule has 0 atom stereocenters. The quantitative estimate of drug-likeness (QED) is 0.839. The highest BCUT2D eigenvalue weighted by atomic mass is 19.4. The molecule has 0 unspecified atom stereocenters. The van der Waals surface area contributed by atoms with Gasteiger partial charge in [0.1, 0.15) is 13.1 Å². The first-order valence-electron chi connectivity index (χ1n) is 5.84. The molecular weight excluding hydrogens is 263 g/mol. The third-order valence-corrected chi connectivity index (χ3v) is 2.75. The molecule has 1 aromatic rings. The number of rotatable bonds is 5. The molecule has 1 fully saturated rings. The van der Waals surface area contributed by atoms with Crippen LogP contribution in [0.25, 0.3) is 0 Å². The van der Waals surface area contributed by atoms with Crippen molar-refractivity contribution >= 4 is 5.91 Å². The number of nitrogens with two attached hydrogens (primary N) is 1. The van der Waals surface area contributed by atoms with Crippen LogP contribution in [-0.4, -0.2) is 44.6 Å². The fourth-order valence-corrected chi connectivity index (χ4v) is 1.74. The molecule has 1 heterocycles. The molecular formula is C10H14F3N5O. The Kier molecular flexibility index (Phi) is 3.74. The van der Waals surface area contributed by atoms with Crippen LogP contribution in [0.2, 0.25) is 0 Å². The molecule has 1 aromatic heterocycles. The molecule has 2 N–H and O–H groups in total. The largest absolute Gasteiger partial charge is 0.406 e. The molecule has 1 aliphatic rings. The van der Waals surface area contributed by atoms with Crippen LogP contribution in [-0.2, 0) is 17.9 Å². The van der Waals surface area contributed by atoms with Crippen LogP contribution >= 0.6 is 0 Å². The maximum Gasteiger partial charge on any atom is 0.406 e. The van der Waals surface area contributed by atoms with Crippen LogP contribution in [0.5, 0.6) is 0 Å². The van der Waals surface area contributed by atoms with Gasteiger partial charge in [0.05, 0.1) is 11.9 Å². The van der Waals surface area contributed by atoms with E-state index >= 15 is 0 Å². The van der Waals surface area contributed by atoms with Gasteiger partial charge in [0, 0.05) is 12.6 Å². The summed E-state index contributed by atoms with van der Waals surface area (Å²) >= 11 is 0. The predicted octanol–water partition coefficient (Wildman–Crippen LogP) is 0.290. The van der Waals surface area contributed by atoms with E-state index in [1.807, 2.05) is 0 Å². The van der Waals surface area contributed by atoms with E-state index in [2.05, 4.69) is 10.3 Å². The highest BCUT2D eigenvalue weighted by Crippen LogP contribution is 2.30. The molecule has 0 aliphatic heterocycles. The molecule has 1 saturated carbocycles. The molecule has 6 nitrogen and oxygen atoms in total. The lowest BCUT2D eigenvalue weighted by Gasteiger charge is -2.23. The Morgan fingerprint density at radius 3 is 2.68 bits per heavy atom. The second-order valence-corrected chi connectivity index (χ2v) is 4.48. The van der Waals surface area contributed by atoms with Crippen molar-refractivity contribution in [3.05, 3.63) is 11.9 Å². The topological polar surface area (TPSA) is 77.0 Å². The third-order valence-electron chi connectivity index (χ3n) is 2.75. The van der Waals surface area contributed by atoms with E-state index in [-0.39, 0.29) is 19.1 Å². The maximum atomic E-state index is 12.4. The molecule has 0 spiro atoms. The van der Waals surface area contributed by atoms with E-state index in [1.54, 1.807) is 0 Å². The minimum absolute atomic E-state index is 0.170. The normalized spacial score (nSPS) is 15.6. The zero-order chi connectivity index (χ0) is 14.0. The molecule has 9 heteroatoms. The molecule has 0 aromatic carbocycles. The fraction of sp³-hybridized carbons (Fsp3) is 0.700. The van der Waals surface area contributed by atoms with Crippen LogP contribution in [0, 0.1) is 0 Å². The summed E-state index contributed by atoms with van der Waals surface area (Å²) in [6, 6.07) is -0.299. The van der Waals surface area contributed by atoms with Gasteiger partial charge in [-0.15, -0.1) is 5.10 Å². The van der Waals surface area contributed by atoms with Crippen molar-refractivity contribution in [1.29, 1.82) is 0 Å². The number of halogens is 3. The zero-order valence-corrected chi connectivity index (χ0v) is 10.1. The highest BCUT2D eigenvalue weighted by molar-refractivity contribution is 5.76. The number of carbonyl (C=O) groups excluding carboxylic acids is 1. The van der Waals surface area contributed by atoms with Crippen LogP contribution in [0.1, 0.15) is 18.5 Å². The molecule has 0 bridgehead atoms. The molecule has 1 amide bonds. The number of carbonyl (C=O) groups is 1. The lowest BCUT2D eigenvalue weighted by molar-refractivity contribution is -0.162. The Hall–Kier alpha value is -1.64. The molecule has 19 heavy (non-hydrogen) atoms. The van der Waals surface area contributed by atoms with Crippen molar-refractivity contribution in [2.24, 2.45) is 5.73 Å². The zero-order valence-electron chi connectivity index (χ0n) is 10.1. The lowest BCUT2D eigenvalue weighted by atomic mass is 10.4. The Balaban J connectivity index is 1.99. The van der Waals surface area contributed by atoms with Gasteiger partial charge < -0.3 is 10.6 Å². The van der Waals surface area contributed by atoms with Gasteiger partial charge in [0.15, 0.2) is 0 Å². The van der Waals surface area contributed by atoms with Crippen LogP contribution < -0.4 is 5.73 Å². The summed E-state index contributed by atoms with van der Waals surface area (Å²) in [5.41, 5.74) is 5.82. The van der Waals surface area contributed by atoms with Crippen LogP contribution in [0.4, 0.5) is 13.2 Å². The Morgan fingerprint density at radius 2 is 2.21 bits per heavy atom. The molecule has 0 radical (unpaired) electrons. The van der Waals surface area contributed by atoms with E-state index in [4.69, 9.17) is 5.73 Å². The van der Waals surface area contributed by atoms with E-state index in [0.717, 1.165) is 4.90 Å². The average Bonchev–Trinajstić information content (AvgIpc) is 3.05. The van der Waals surface area contributed by atoms with Crippen molar-refractivity contribution in [3.8, 4) is 0 Å². The van der Waals surface area contributed by atoms with E-state index < -0.39 is 18.6 Å². The standard InChI is InChI=1S/C10H14F3N5O/c11-10(12,13)6-18(8-1-2-8)9(19)5-17-4-7(3-14)15-16-17/h4,8H,1-3,5-6,14H2. The molecule has 2 rings (SSSR count). The Morgan fingerprint density at radius 1 is 1.53 bits per heavy atom. The monoisotopic (exact) mass is 277 g/mol. The number of nitrogens with zero attached hydrogens (tertiary/aromatic N) is 4. The highest BCUT2D eigenvalue weighted by Gasteiger charge is 2.40. The van der Waals surface area contributed by atoms with Gasteiger partial charge in [-0.2, -0.15) is 13.2 Å². The average molecular weight is 277 g/mol. The smallest absolute Gasteiger partial charge is 0.329 e. The summed E-state index contributed by atoms with van der Waals surface area (Å²) in [4.78, 5) is 12.7. The maximum absolute atomic E-state index is 12.4. The first-order chi connectivity index (χ1) is 8.89. The van der Waals surface area contributed by atoms with Gasteiger partial charge in [0.25, 0.3) is 0 Å². The molecule has 106 valence electrons. The van der Waals surface area contributed by atoms with Gasteiger partial charge in [-0.1, -0.05) is 5.21 Å². The van der Waals surface area contributed by atoms with E-state index in [9.17, 15) is 18.0 Å². The SMILES string of the molecule is NCc1cn(CC(=O)N(CC(F)(F)F)C2CC2)nn1. The summed E-state index contributed by atoms with van der Waals surface area (Å²) in [6.45, 7) is -1.29. The van der Waals surface area contributed by atoms with E-state index in [1.165, 1.54) is 10.9 Å². The summed E-state index contributed by atoms with van der Waals surface area (Å²) < 4.78 is 38.4. The second kappa shape index (κ2) is 5.16. The number of amides is 1. The third kappa shape index (κ3) is 3.91. The minimum atomic E-state index is -4.39. The predicted molar refractivity (Wildman–Crippen MR) is 58.7 cm³/mol. The second-order valence-electron chi connectivity index (χ2n) is 4.48.